The lowest BCUT2D eigenvalue weighted by Gasteiger charge is -2.09. The van der Waals surface area contributed by atoms with Crippen molar-refractivity contribution in [3.05, 3.63) is 65.5 Å². The first-order valence-electron chi connectivity index (χ1n) is 6.46. The van der Waals surface area contributed by atoms with Gasteiger partial charge in [0.15, 0.2) is 0 Å². The maximum Gasteiger partial charge on any atom is 0.266 e. The van der Waals surface area contributed by atoms with Crippen LogP contribution in [0.25, 0.3) is 6.08 Å². The van der Waals surface area contributed by atoms with Crippen LogP contribution in [-0.2, 0) is 4.79 Å². The van der Waals surface area contributed by atoms with Crippen molar-refractivity contribution in [2.24, 2.45) is 0 Å². The van der Waals surface area contributed by atoms with Gasteiger partial charge in [0.25, 0.3) is 5.91 Å². The Kier molecular flexibility index (Phi) is 4.89. The molecule has 110 valence electrons. The molecule has 22 heavy (non-hydrogen) atoms. The fourth-order valence-electron chi connectivity index (χ4n) is 1.81. The van der Waals surface area contributed by atoms with Crippen molar-refractivity contribution >= 4 is 17.7 Å². The third-order valence-electron chi connectivity index (χ3n) is 2.90. The van der Waals surface area contributed by atoms with Crippen LogP contribution in [0.4, 0.5) is 10.1 Å². The van der Waals surface area contributed by atoms with E-state index in [1.54, 1.807) is 24.3 Å². The molecule has 0 atom stereocenters. The van der Waals surface area contributed by atoms with Crippen LogP contribution in [0, 0.1) is 17.1 Å². The molecule has 1 amide bonds. The lowest BCUT2D eigenvalue weighted by atomic mass is 10.1. The molecule has 0 fully saturated rings. The van der Waals surface area contributed by atoms with Gasteiger partial charge in [-0.25, -0.2) is 4.39 Å². The number of methoxy groups -OCH3 is 1. The van der Waals surface area contributed by atoms with Gasteiger partial charge in [0, 0.05) is 0 Å². The molecule has 2 aromatic rings. The quantitative estimate of drug-likeness (QED) is 0.695. The number of halogens is 1. The van der Waals surface area contributed by atoms with E-state index in [1.165, 1.54) is 37.5 Å². The summed E-state index contributed by atoms with van der Waals surface area (Å²) in [5.41, 5.74) is 0.945. The fraction of sp³-hybridized carbons (Fsp3) is 0.0588. The van der Waals surface area contributed by atoms with Gasteiger partial charge >= 0.3 is 0 Å². The molecule has 5 heteroatoms. The average Bonchev–Trinajstić information content (AvgIpc) is 2.54. The minimum Gasteiger partial charge on any atom is -0.495 e. The number of ether oxygens (including phenoxy) is 1. The number of carbonyl (C=O) groups is 1. The first-order valence-corrected chi connectivity index (χ1v) is 6.46. The molecule has 4 nitrogen and oxygen atoms in total. The number of anilines is 1. The molecule has 0 radical (unpaired) electrons. The van der Waals surface area contributed by atoms with Gasteiger partial charge in [0.1, 0.15) is 23.2 Å². The molecule has 2 aromatic carbocycles. The third-order valence-corrected chi connectivity index (χ3v) is 2.90. The number of hydrogen-bond donors (Lipinski definition) is 1. The van der Waals surface area contributed by atoms with Crippen LogP contribution in [0.3, 0.4) is 0 Å². The van der Waals surface area contributed by atoms with Gasteiger partial charge in [-0.2, -0.15) is 5.26 Å². The first-order chi connectivity index (χ1) is 10.6. The van der Waals surface area contributed by atoms with E-state index in [0.29, 0.717) is 17.0 Å². The zero-order chi connectivity index (χ0) is 15.9. The molecule has 0 aliphatic rings. The summed E-state index contributed by atoms with van der Waals surface area (Å²) in [5.74, 6) is -0.444. The van der Waals surface area contributed by atoms with E-state index >= 15 is 0 Å². The number of rotatable bonds is 4. The van der Waals surface area contributed by atoms with Gasteiger partial charge in [-0.1, -0.05) is 24.3 Å². The molecule has 2 rings (SSSR count). The molecule has 0 unspecified atom stereocenters. The number of para-hydroxylation sites is 2. The monoisotopic (exact) mass is 296 g/mol. The molecular formula is C17H13FN2O2. The number of nitrogens with one attached hydrogen (secondary N) is 1. The van der Waals surface area contributed by atoms with Gasteiger partial charge in [-0.15, -0.1) is 0 Å². The van der Waals surface area contributed by atoms with Gasteiger partial charge in [0.2, 0.25) is 0 Å². The Morgan fingerprint density at radius 1 is 1.23 bits per heavy atom. The van der Waals surface area contributed by atoms with Crippen molar-refractivity contribution in [2.45, 2.75) is 0 Å². The molecule has 0 saturated heterocycles. The Labute approximate surface area is 127 Å². The van der Waals surface area contributed by atoms with Crippen molar-refractivity contribution in [1.82, 2.24) is 0 Å². The lowest BCUT2D eigenvalue weighted by Crippen LogP contribution is -2.14. The summed E-state index contributed by atoms with van der Waals surface area (Å²) >= 11 is 0. The second-order valence-electron chi connectivity index (χ2n) is 4.38. The van der Waals surface area contributed by atoms with Crippen molar-refractivity contribution in [3.63, 3.8) is 0 Å². The highest BCUT2D eigenvalue weighted by Gasteiger charge is 2.12. The fourth-order valence-corrected chi connectivity index (χ4v) is 1.81. The molecule has 1 N–H and O–H groups in total. The smallest absolute Gasteiger partial charge is 0.266 e. The van der Waals surface area contributed by atoms with Crippen molar-refractivity contribution in [1.29, 1.82) is 5.26 Å². The normalized spacial score (nSPS) is 10.7. The van der Waals surface area contributed by atoms with E-state index < -0.39 is 5.91 Å². The van der Waals surface area contributed by atoms with Gasteiger partial charge in [0.05, 0.1) is 12.8 Å². The molecule has 0 spiro atoms. The van der Waals surface area contributed by atoms with E-state index in [2.05, 4.69) is 5.32 Å². The standard InChI is InChI=1S/C17H13FN2O2/c1-22-16-5-3-2-4-15(16)20-17(21)13(11-19)10-12-6-8-14(18)9-7-12/h2-10H,1H3,(H,20,21). The zero-order valence-corrected chi connectivity index (χ0v) is 11.8. The molecule has 0 bridgehead atoms. The zero-order valence-electron chi connectivity index (χ0n) is 11.8. The van der Waals surface area contributed by atoms with Gasteiger partial charge < -0.3 is 10.1 Å². The summed E-state index contributed by atoms with van der Waals surface area (Å²) < 4.78 is 18.0. The van der Waals surface area contributed by atoms with Crippen LogP contribution >= 0.6 is 0 Å². The highest BCUT2D eigenvalue weighted by molar-refractivity contribution is 6.10. The Morgan fingerprint density at radius 2 is 1.91 bits per heavy atom. The Morgan fingerprint density at radius 3 is 2.55 bits per heavy atom. The second-order valence-corrected chi connectivity index (χ2v) is 4.38. The van der Waals surface area contributed by atoms with Crippen molar-refractivity contribution in [2.75, 3.05) is 12.4 Å². The maximum absolute atomic E-state index is 12.9. The summed E-state index contributed by atoms with van der Waals surface area (Å²) in [6.45, 7) is 0. The molecule has 0 aliphatic carbocycles. The average molecular weight is 296 g/mol. The van der Waals surface area contributed by atoms with Crippen LogP contribution in [0.1, 0.15) is 5.56 Å². The second kappa shape index (κ2) is 7.04. The topological polar surface area (TPSA) is 62.1 Å². The number of hydrogen-bond acceptors (Lipinski definition) is 3. The van der Waals surface area contributed by atoms with Gasteiger partial charge in [-0.05, 0) is 35.9 Å². The van der Waals surface area contributed by atoms with Crippen molar-refractivity contribution in [3.8, 4) is 11.8 Å². The summed E-state index contributed by atoms with van der Waals surface area (Å²) in [4.78, 5) is 12.2. The van der Waals surface area contributed by atoms with Crippen LogP contribution < -0.4 is 10.1 Å². The number of amides is 1. The minimum atomic E-state index is -0.559. The molecule has 0 aliphatic heterocycles. The van der Waals surface area contributed by atoms with Crippen LogP contribution in [0.5, 0.6) is 5.75 Å². The number of carbonyl (C=O) groups excluding carboxylic acids is 1. The number of nitrogens with zero attached hydrogens (tertiary/aromatic N) is 1. The highest BCUT2D eigenvalue weighted by Crippen LogP contribution is 2.23. The maximum atomic E-state index is 12.9. The Hall–Kier alpha value is -3.13. The minimum absolute atomic E-state index is 0.0856. The summed E-state index contributed by atoms with van der Waals surface area (Å²) in [6.07, 6.45) is 1.39. The van der Waals surface area contributed by atoms with E-state index in [0.717, 1.165) is 0 Å². The number of nitriles is 1. The first kappa shape index (κ1) is 15.3. The Balaban J connectivity index is 2.22. The third kappa shape index (κ3) is 3.70. The summed E-state index contributed by atoms with van der Waals surface area (Å²) in [6, 6.07) is 14.2. The van der Waals surface area contributed by atoms with Crippen LogP contribution in [0.2, 0.25) is 0 Å². The molecule has 0 heterocycles. The van der Waals surface area contributed by atoms with Gasteiger partial charge in [-0.3, -0.25) is 4.79 Å². The number of benzene rings is 2. The van der Waals surface area contributed by atoms with Crippen molar-refractivity contribution < 1.29 is 13.9 Å². The highest BCUT2D eigenvalue weighted by atomic mass is 19.1. The molecule has 0 saturated carbocycles. The lowest BCUT2D eigenvalue weighted by molar-refractivity contribution is -0.112. The SMILES string of the molecule is COc1ccccc1NC(=O)C(C#N)=Cc1ccc(F)cc1. The van der Waals surface area contributed by atoms with Crippen LogP contribution in [-0.4, -0.2) is 13.0 Å². The molecular weight excluding hydrogens is 283 g/mol. The molecule has 0 aromatic heterocycles. The van der Waals surface area contributed by atoms with E-state index in [-0.39, 0.29) is 11.4 Å². The van der Waals surface area contributed by atoms with Crippen LogP contribution in [0.15, 0.2) is 54.1 Å². The van der Waals surface area contributed by atoms with E-state index in [4.69, 9.17) is 10.00 Å². The van der Waals surface area contributed by atoms with E-state index in [9.17, 15) is 9.18 Å². The summed E-state index contributed by atoms with van der Waals surface area (Å²) in [5, 5.41) is 11.7. The van der Waals surface area contributed by atoms with E-state index in [1.807, 2.05) is 6.07 Å². The predicted molar refractivity (Wildman–Crippen MR) is 81.6 cm³/mol. The Bertz CT molecular complexity index is 746. The summed E-state index contributed by atoms with van der Waals surface area (Å²) in [7, 11) is 1.49. The predicted octanol–water partition coefficient (Wildman–Crippen LogP) is 3.38. The largest absolute Gasteiger partial charge is 0.495 e.